The molecule has 2 rings (SSSR count). The number of hydrogen-bond donors (Lipinski definition) is 1. The molecule has 0 atom stereocenters. The first-order valence-electron chi connectivity index (χ1n) is 6.24. The predicted molar refractivity (Wildman–Crippen MR) is 85.4 cm³/mol. The number of hydrogen-bond acceptors (Lipinski definition) is 2. The van der Waals surface area contributed by atoms with Gasteiger partial charge in [-0.25, -0.2) is 0 Å². The van der Waals surface area contributed by atoms with Gasteiger partial charge in [-0.05, 0) is 25.3 Å². The predicted octanol–water partition coefficient (Wildman–Crippen LogP) is 4.63. The molecule has 0 saturated carbocycles. The Hall–Kier alpha value is -1.48. The number of likely N-dealkylation sites (N-methyl/N-ethyl adjacent to an activating group) is 1. The summed E-state index contributed by atoms with van der Waals surface area (Å²) in [4.78, 5) is 0. The van der Waals surface area contributed by atoms with E-state index in [1.54, 1.807) is 18.2 Å². The van der Waals surface area contributed by atoms with Crippen LogP contribution < -0.4 is 10.1 Å². The minimum atomic E-state index is 0.477. The van der Waals surface area contributed by atoms with E-state index in [-0.39, 0.29) is 0 Å². The molecule has 0 saturated heterocycles. The molecule has 0 bridgehead atoms. The maximum absolute atomic E-state index is 6.00. The molecule has 0 aliphatic rings. The third-order valence-electron chi connectivity index (χ3n) is 2.67. The Morgan fingerprint density at radius 3 is 2.50 bits per heavy atom. The summed E-state index contributed by atoms with van der Waals surface area (Å²) in [6.07, 6.45) is 1.98. The van der Waals surface area contributed by atoms with Crippen LogP contribution in [0.2, 0.25) is 10.0 Å². The number of rotatable bonds is 5. The Bertz CT molecular complexity index is 597. The zero-order valence-corrected chi connectivity index (χ0v) is 12.6. The summed E-state index contributed by atoms with van der Waals surface area (Å²) in [7, 11) is 1.89. The van der Waals surface area contributed by atoms with Gasteiger partial charge in [-0.1, -0.05) is 53.5 Å². The molecule has 2 aromatic carbocycles. The van der Waals surface area contributed by atoms with E-state index in [4.69, 9.17) is 27.9 Å². The Kier molecular flexibility index (Phi) is 5.48. The van der Waals surface area contributed by atoms with Crippen LogP contribution in [0, 0.1) is 0 Å². The normalized spacial score (nSPS) is 11.4. The highest BCUT2D eigenvalue weighted by molar-refractivity contribution is 6.42. The first-order valence-corrected chi connectivity index (χ1v) is 6.99. The van der Waals surface area contributed by atoms with E-state index in [0.717, 1.165) is 11.3 Å². The van der Waals surface area contributed by atoms with Gasteiger partial charge in [0.15, 0.2) is 0 Å². The van der Waals surface area contributed by atoms with Crippen molar-refractivity contribution in [1.82, 2.24) is 5.32 Å². The van der Waals surface area contributed by atoms with Crippen LogP contribution in [-0.4, -0.2) is 13.6 Å². The van der Waals surface area contributed by atoms with Gasteiger partial charge < -0.3 is 10.1 Å². The van der Waals surface area contributed by atoms with Crippen molar-refractivity contribution in [3.63, 3.8) is 0 Å². The first kappa shape index (κ1) is 14.9. The van der Waals surface area contributed by atoms with E-state index >= 15 is 0 Å². The van der Waals surface area contributed by atoms with Crippen molar-refractivity contribution in [3.05, 3.63) is 70.2 Å². The summed E-state index contributed by atoms with van der Waals surface area (Å²) in [5.74, 6) is 1.43. The molecule has 0 aromatic heterocycles. The summed E-state index contributed by atoms with van der Waals surface area (Å²) in [6, 6.07) is 15.1. The molecular formula is C16H15Cl2NO. The van der Waals surface area contributed by atoms with Crippen LogP contribution in [0.1, 0.15) is 5.56 Å². The Morgan fingerprint density at radius 1 is 1.10 bits per heavy atom. The molecule has 104 valence electrons. The molecule has 1 N–H and O–H groups in total. The molecule has 0 fully saturated rings. The molecule has 0 amide bonds. The lowest BCUT2D eigenvalue weighted by Crippen LogP contribution is -2.07. The Labute approximate surface area is 129 Å². The van der Waals surface area contributed by atoms with E-state index in [0.29, 0.717) is 22.3 Å². The molecular weight excluding hydrogens is 293 g/mol. The van der Waals surface area contributed by atoms with Gasteiger partial charge in [0.25, 0.3) is 0 Å². The van der Waals surface area contributed by atoms with Gasteiger partial charge in [0, 0.05) is 18.2 Å². The summed E-state index contributed by atoms with van der Waals surface area (Å²) < 4.78 is 5.92. The van der Waals surface area contributed by atoms with Crippen molar-refractivity contribution in [2.24, 2.45) is 0 Å². The molecule has 2 nitrogen and oxygen atoms in total. The number of nitrogens with one attached hydrogen (secondary N) is 1. The van der Waals surface area contributed by atoms with Crippen molar-refractivity contribution >= 4 is 29.0 Å². The van der Waals surface area contributed by atoms with E-state index in [1.165, 1.54) is 0 Å². The van der Waals surface area contributed by atoms with E-state index in [1.807, 2.05) is 43.5 Å². The summed E-state index contributed by atoms with van der Waals surface area (Å²) in [6.45, 7) is 0.714. The van der Waals surface area contributed by atoms with Crippen molar-refractivity contribution in [1.29, 1.82) is 0 Å². The monoisotopic (exact) mass is 307 g/mol. The molecule has 0 unspecified atom stereocenters. The molecule has 4 heteroatoms. The fraction of sp³-hybridized carbons (Fsp3) is 0.125. The average Bonchev–Trinajstić information content (AvgIpc) is 2.48. The summed E-state index contributed by atoms with van der Waals surface area (Å²) >= 11 is 11.9. The molecule has 0 heterocycles. The largest absolute Gasteiger partial charge is 0.457 e. The fourth-order valence-electron chi connectivity index (χ4n) is 1.68. The average molecular weight is 308 g/mol. The number of ether oxygens (including phenoxy) is 1. The van der Waals surface area contributed by atoms with Crippen molar-refractivity contribution < 1.29 is 4.74 Å². The topological polar surface area (TPSA) is 21.3 Å². The van der Waals surface area contributed by atoms with Crippen molar-refractivity contribution in [2.75, 3.05) is 13.6 Å². The van der Waals surface area contributed by atoms with E-state index < -0.39 is 0 Å². The van der Waals surface area contributed by atoms with Gasteiger partial charge in [0.2, 0.25) is 0 Å². The maximum atomic E-state index is 6.00. The van der Waals surface area contributed by atoms with E-state index in [2.05, 4.69) is 5.32 Å². The fourth-order valence-corrected chi connectivity index (χ4v) is 1.97. The second-order valence-corrected chi connectivity index (χ2v) is 4.98. The molecule has 0 aliphatic heterocycles. The molecule has 20 heavy (non-hydrogen) atoms. The van der Waals surface area contributed by atoms with Crippen LogP contribution in [0.4, 0.5) is 0 Å². The molecule has 2 aromatic rings. The highest BCUT2D eigenvalue weighted by atomic mass is 35.5. The van der Waals surface area contributed by atoms with Crippen LogP contribution in [-0.2, 0) is 0 Å². The van der Waals surface area contributed by atoms with E-state index in [9.17, 15) is 0 Å². The Balaban J connectivity index is 2.26. The van der Waals surface area contributed by atoms with Crippen molar-refractivity contribution in [2.45, 2.75) is 0 Å². The smallest absolute Gasteiger partial charge is 0.131 e. The molecule has 0 spiro atoms. The molecule has 0 aliphatic carbocycles. The maximum Gasteiger partial charge on any atom is 0.131 e. The van der Waals surface area contributed by atoms with Gasteiger partial charge >= 0.3 is 0 Å². The highest BCUT2D eigenvalue weighted by Crippen LogP contribution is 2.29. The Morgan fingerprint density at radius 2 is 1.85 bits per heavy atom. The lowest BCUT2D eigenvalue weighted by Gasteiger charge is -2.11. The third kappa shape index (κ3) is 4.01. The second-order valence-electron chi connectivity index (χ2n) is 4.17. The molecule has 0 radical (unpaired) electrons. The quantitative estimate of drug-likeness (QED) is 0.813. The van der Waals surface area contributed by atoms with Crippen LogP contribution in [0.3, 0.4) is 0 Å². The third-order valence-corrected chi connectivity index (χ3v) is 3.41. The number of halogens is 2. The van der Waals surface area contributed by atoms with Gasteiger partial charge in [0.05, 0.1) is 10.0 Å². The van der Waals surface area contributed by atoms with Crippen LogP contribution >= 0.6 is 23.2 Å². The lowest BCUT2D eigenvalue weighted by molar-refractivity contribution is 0.513. The van der Waals surface area contributed by atoms with Gasteiger partial charge in [-0.15, -0.1) is 0 Å². The summed E-state index contributed by atoms with van der Waals surface area (Å²) in [5, 5.41) is 4.06. The van der Waals surface area contributed by atoms with Gasteiger partial charge in [0.1, 0.15) is 11.5 Å². The van der Waals surface area contributed by atoms with Crippen LogP contribution in [0.15, 0.2) is 54.6 Å². The van der Waals surface area contributed by atoms with Crippen LogP contribution in [0.5, 0.6) is 5.75 Å². The van der Waals surface area contributed by atoms with Gasteiger partial charge in [-0.3, -0.25) is 0 Å². The lowest BCUT2D eigenvalue weighted by atomic mass is 10.2. The zero-order valence-electron chi connectivity index (χ0n) is 11.1. The zero-order chi connectivity index (χ0) is 14.4. The first-order chi connectivity index (χ1) is 9.70. The summed E-state index contributed by atoms with van der Waals surface area (Å²) in [5.41, 5.74) is 1.01. The van der Waals surface area contributed by atoms with Crippen LogP contribution in [0.25, 0.3) is 5.76 Å². The SMILES string of the molecule is CNC/C=C(\Oc1ccc(Cl)c(Cl)c1)c1ccccc1. The highest BCUT2D eigenvalue weighted by Gasteiger charge is 2.06. The number of benzene rings is 2. The minimum absolute atomic E-state index is 0.477. The minimum Gasteiger partial charge on any atom is -0.457 e. The van der Waals surface area contributed by atoms with Crippen molar-refractivity contribution in [3.8, 4) is 5.75 Å². The standard InChI is InChI=1S/C16H15Cl2NO/c1-19-10-9-16(12-5-3-2-4-6-12)20-13-7-8-14(17)15(18)11-13/h2-9,11,19H,10H2,1H3/b16-9-. The van der Waals surface area contributed by atoms with Gasteiger partial charge in [-0.2, -0.15) is 0 Å². The second kappa shape index (κ2) is 7.34.